The van der Waals surface area contributed by atoms with Crippen molar-refractivity contribution in [1.29, 1.82) is 0 Å². The Bertz CT molecular complexity index is 2780. The van der Waals surface area contributed by atoms with Crippen molar-refractivity contribution in [3.05, 3.63) is 170 Å². The van der Waals surface area contributed by atoms with Crippen molar-refractivity contribution in [2.24, 2.45) is 0 Å². The number of rotatable bonds is 3. The lowest BCUT2D eigenvalue weighted by Gasteiger charge is -2.19. The van der Waals surface area contributed by atoms with Crippen LogP contribution in [0.4, 0.5) is 0 Å². The average molecular weight is 597 g/mol. The molecule has 0 N–H and O–H groups in total. The van der Waals surface area contributed by atoms with Crippen LogP contribution >= 0.6 is 0 Å². The van der Waals surface area contributed by atoms with Gasteiger partial charge in [0.15, 0.2) is 0 Å². The second kappa shape index (κ2) is 10.2. The third-order valence-corrected chi connectivity index (χ3v) is 9.82. The van der Waals surface area contributed by atoms with Gasteiger partial charge < -0.3 is 4.42 Å². The lowest BCUT2D eigenvalue weighted by Crippen LogP contribution is -1.92. The minimum absolute atomic E-state index is 0.910. The summed E-state index contributed by atoms with van der Waals surface area (Å²) in [5, 5.41) is 12.1. The van der Waals surface area contributed by atoms with Crippen LogP contribution in [0.5, 0.6) is 0 Å². The molecule has 0 fully saturated rings. The van der Waals surface area contributed by atoms with Crippen molar-refractivity contribution >= 4 is 65.0 Å². The molecule has 1 heteroatoms. The highest BCUT2D eigenvalue weighted by molar-refractivity contribution is 6.24. The van der Waals surface area contributed by atoms with E-state index in [-0.39, 0.29) is 0 Å². The van der Waals surface area contributed by atoms with Gasteiger partial charge in [0.25, 0.3) is 0 Å². The van der Waals surface area contributed by atoms with Crippen molar-refractivity contribution in [3.63, 3.8) is 0 Å². The molecular formula is C46H28O. The standard InChI is InChI=1S/C46H28O/c1-2-12-29(13-3-1)33-26-31-15-5-6-16-34(31)42(27-33)45-39-20-10-8-18-37(39)44(38-19-9-11-21-40(38)45)32-23-24-36-41-25-22-30-14-4-7-17-35(30)46(41)47-43(36)28-32/h1-28H. The van der Waals surface area contributed by atoms with E-state index in [2.05, 4.69) is 170 Å². The topological polar surface area (TPSA) is 13.1 Å². The Morgan fingerprint density at radius 3 is 1.60 bits per heavy atom. The number of hydrogen-bond acceptors (Lipinski definition) is 1. The minimum Gasteiger partial charge on any atom is -0.455 e. The molecule has 0 spiro atoms. The monoisotopic (exact) mass is 596 g/mol. The first kappa shape index (κ1) is 26.1. The minimum atomic E-state index is 0.910. The Hall–Kier alpha value is -6.18. The van der Waals surface area contributed by atoms with Gasteiger partial charge in [-0.1, -0.05) is 140 Å². The highest BCUT2D eigenvalue weighted by Gasteiger charge is 2.20. The fourth-order valence-electron chi connectivity index (χ4n) is 7.70. The first-order chi connectivity index (χ1) is 23.3. The molecule has 0 unspecified atom stereocenters. The van der Waals surface area contributed by atoms with Gasteiger partial charge in [-0.25, -0.2) is 0 Å². The Morgan fingerprint density at radius 2 is 0.872 bits per heavy atom. The van der Waals surface area contributed by atoms with Gasteiger partial charge in [0.2, 0.25) is 0 Å². The summed E-state index contributed by atoms with van der Waals surface area (Å²) < 4.78 is 6.65. The molecule has 10 aromatic rings. The first-order valence-electron chi connectivity index (χ1n) is 16.2. The molecule has 0 saturated heterocycles. The van der Waals surface area contributed by atoms with Gasteiger partial charge in [-0.15, -0.1) is 0 Å². The Balaban J connectivity index is 1.28. The molecule has 1 aromatic heterocycles. The van der Waals surface area contributed by atoms with Crippen LogP contribution in [0.1, 0.15) is 0 Å². The summed E-state index contributed by atoms with van der Waals surface area (Å²) in [5.74, 6) is 0. The lowest BCUT2D eigenvalue weighted by atomic mass is 9.83. The second-order valence-corrected chi connectivity index (χ2v) is 12.4. The lowest BCUT2D eigenvalue weighted by molar-refractivity contribution is 0.673. The second-order valence-electron chi connectivity index (χ2n) is 12.4. The molecule has 0 aliphatic carbocycles. The molecule has 1 heterocycles. The zero-order valence-electron chi connectivity index (χ0n) is 25.6. The largest absolute Gasteiger partial charge is 0.455 e. The molecule has 1 nitrogen and oxygen atoms in total. The Labute approximate surface area is 271 Å². The van der Waals surface area contributed by atoms with Crippen LogP contribution in [-0.4, -0.2) is 0 Å². The van der Waals surface area contributed by atoms with E-state index in [0.717, 1.165) is 32.9 Å². The van der Waals surface area contributed by atoms with Crippen LogP contribution in [0.2, 0.25) is 0 Å². The molecule has 0 atom stereocenters. The maximum Gasteiger partial charge on any atom is 0.143 e. The van der Waals surface area contributed by atoms with E-state index in [0.29, 0.717) is 0 Å². The first-order valence-corrected chi connectivity index (χ1v) is 16.2. The maximum absolute atomic E-state index is 6.65. The molecule has 10 rings (SSSR count). The predicted octanol–water partition coefficient (Wildman–Crippen LogP) is 13.2. The van der Waals surface area contributed by atoms with E-state index in [1.54, 1.807) is 0 Å². The van der Waals surface area contributed by atoms with Crippen LogP contribution in [-0.2, 0) is 0 Å². The average Bonchev–Trinajstić information content (AvgIpc) is 3.52. The van der Waals surface area contributed by atoms with Gasteiger partial charge >= 0.3 is 0 Å². The summed E-state index contributed by atoms with van der Waals surface area (Å²) in [4.78, 5) is 0. The normalized spacial score (nSPS) is 11.8. The highest BCUT2D eigenvalue weighted by atomic mass is 16.3. The highest BCUT2D eigenvalue weighted by Crippen LogP contribution is 2.47. The molecule has 0 radical (unpaired) electrons. The summed E-state index contributed by atoms with van der Waals surface area (Å²) in [7, 11) is 0. The molecule has 0 aliphatic rings. The van der Waals surface area contributed by atoms with E-state index in [9.17, 15) is 0 Å². The van der Waals surface area contributed by atoms with E-state index in [1.807, 2.05) is 0 Å². The number of hydrogen-bond donors (Lipinski definition) is 0. The van der Waals surface area contributed by atoms with Crippen LogP contribution in [0.15, 0.2) is 174 Å². The molecule has 0 saturated carbocycles. The smallest absolute Gasteiger partial charge is 0.143 e. The van der Waals surface area contributed by atoms with Gasteiger partial charge in [-0.05, 0) is 101 Å². The third-order valence-electron chi connectivity index (χ3n) is 9.82. The van der Waals surface area contributed by atoms with Crippen molar-refractivity contribution < 1.29 is 4.42 Å². The fraction of sp³-hybridized carbons (Fsp3) is 0. The van der Waals surface area contributed by atoms with E-state index >= 15 is 0 Å². The van der Waals surface area contributed by atoms with Crippen LogP contribution in [0.25, 0.3) is 98.4 Å². The number of furan rings is 1. The summed E-state index contributed by atoms with van der Waals surface area (Å²) >= 11 is 0. The van der Waals surface area contributed by atoms with Crippen molar-refractivity contribution in [2.45, 2.75) is 0 Å². The van der Waals surface area contributed by atoms with Gasteiger partial charge in [0, 0.05) is 16.2 Å². The SMILES string of the molecule is c1ccc(-c2cc(-c3c4ccccc4c(-c4ccc5c(c4)oc4c6ccccc6ccc54)c4ccccc34)c3ccccc3c2)cc1. The molecule has 0 bridgehead atoms. The molecular weight excluding hydrogens is 569 g/mol. The van der Waals surface area contributed by atoms with E-state index in [4.69, 9.17) is 4.42 Å². The zero-order valence-corrected chi connectivity index (χ0v) is 25.6. The Kier molecular flexibility index (Phi) is 5.64. The summed E-state index contributed by atoms with van der Waals surface area (Å²) in [5.41, 5.74) is 9.21. The maximum atomic E-state index is 6.65. The van der Waals surface area contributed by atoms with Gasteiger partial charge in [-0.3, -0.25) is 0 Å². The Morgan fingerprint density at radius 1 is 0.298 bits per heavy atom. The van der Waals surface area contributed by atoms with Crippen molar-refractivity contribution in [2.75, 3.05) is 0 Å². The molecule has 0 amide bonds. The van der Waals surface area contributed by atoms with Crippen LogP contribution < -0.4 is 0 Å². The quantitative estimate of drug-likeness (QED) is 0.185. The van der Waals surface area contributed by atoms with Crippen molar-refractivity contribution in [3.8, 4) is 33.4 Å². The number of benzene rings is 9. The van der Waals surface area contributed by atoms with E-state index < -0.39 is 0 Å². The number of fused-ring (bicyclic) bond motifs is 8. The summed E-state index contributed by atoms with van der Waals surface area (Å²) in [6.45, 7) is 0. The van der Waals surface area contributed by atoms with Crippen molar-refractivity contribution in [1.82, 2.24) is 0 Å². The van der Waals surface area contributed by atoms with Crippen LogP contribution in [0.3, 0.4) is 0 Å². The van der Waals surface area contributed by atoms with Crippen LogP contribution in [0, 0.1) is 0 Å². The van der Waals surface area contributed by atoms with Gasteiger partial charge in [0.05, 0.1) is 0 Å². The third kappa shape index (κ3) is 3.97. The fourth-order valence-corrected chi connectivity index (χ4v) is 7.70. The van der Waals surface area contributed by atoms with Gasteiger partial charge in [0.1, 0.15) is 11.2 Å². The summed E-state index contributed by atoms with van der Waals surface area (Å²) in [6.07, 6.45) is 0. The zero-order chi connectivity index (χ0) is 30.9. The molecule has 218 valence electrons. The van der Waals surface area contributed by atoms with E-state index in [1.165, 1.54) is 65.5 Å². The molecule has 47 heavy (non-hydrogen) atoms. The predicted molar refractivity (Wildman–Crippen MR) is 200 cm³/mol. The van der Waals surface area contributed by atoms with Gasteiger partial charge in [-0.2, -0.15) is 0 Å². The summed E-state index contributed by atoms with van der Waals surface area (Å²) in [6, 6.07) is 61.6. The molecule has 9 aromatic carbocycles. The molecule has 0 aliphatic heterocycles.